The minimum atomic E-state index is -3.57. The topological polar surface area (TPSA) is 83.5 Å². The lowest BCUT2D eigenvalue weighted by Gasteiger charge is -2.21. The van der Waals surface area contributed by atoms with Crippen molar-refractivity contribution < 1.29 is 13.2 Å². The summed E-state index contributed by atoms with van der Waals surface area (Å²) in [6.07, 6.45) is 4.88. The first kappa shape index (κ1) is 21.3. The first-order valence-corrected chi connectivity index (χ1v) is 12.5. The molecule has 0 bridgehead atoms. The summed E-state index contributed by atoms with van der Waals surface area (Å²) in [5.41, 5.74) is 1.11. The Hall–Kier alpha value is -1.97. The number of aromatic nitrogens is 2. The van der Waals surface area contributed by atoms with Crippen LogP contribution in [0.25, 0.3) is 0 Å². The molecule has 2 aromatic heterocycles. The van der Waals surface area contributed by atoms with E-state index < -0.39 is 10.0 Å². The van der Waals surface area contributed by atoms with Crippen molar-refractivity contribution in [3.05, 3.63) is 42.2 Å². The molecule has 0 amide bonds. The number of pyridine rings is 2. The van der Waals surface area contributed by atoms with E-state index in [1.165, 1.54) is 6.20 Å². The molecule has 0 radical (unpaired) electrons. The van der Waals surface area contributed by atoms with Gasteiger partial charge < -0.3 is 9.69 Å². The van der Waals surface area contributed by atoms with Gasteiger partial charge in [-0.1, -0.05) is 19.9 Å². The molecule has 0 spiro atoms. The van der Waals surface area contributed by atoms with Gasteiger partial charge in [0.05, 0.1) is 11.6 Å². The molecular formula is C21H26N4O3S2. The van der Waals surface area contributed by atoms with Crippen LogP contribution >= 0.6 is 11.8 Å². The van der Waals surface area contributed by atoms with Crippen molar-refractivity contribution in [1.29, 1.82) is 0 Å². The maximum absolute atomic E-state index is 13.2. The maximum atomic E-state index is 13.2. The predicted octanol–water partition coefficient (Wildman–Crippen LogP) is 2.79. The Morgan fingerprint density at radius 3 is 2.77 bits per heavy atom. The molecule has 4 rings (SSSR count). The molecule has 160 valence electrons. The highest BCUT2D eigenvalue weighted by molar-refractivity contribution is 7.99. The van der Waals surface area contributed by atoms with Crippen LogP contribution in [0.1, 0.15) is 31.7 Å². The molecule has 0 N–H and O–H groups in total. The Labute approximate surface area is 181 Å². The smallest absolute Gasteiger partial charge is 0.244 e. The number of fused-ring (bicyclic) bond motifs is 1. The summed E-state index contributed by atoms with van der Waals surface area (Å²) in [7, 11) is -3.57. The first-order valence-electron chi connectivity index (χ1n) is 10.2. The van der Waals surface area contributed by atoms with E-state index in [0.717, 1.165) is 29.1 Å². The van der Waals surface area contributed by atoms with Crippen molar-refractivity contribution in [2.45, 2.75) is 41.4 Å². The molecule has 0 saturated carbocycles. The van der Waals surface area contributed by atoms with E-state index >= 15 is 0 Å². The van der Waals surface area contributed by atoms with E-state index in [-0.39, 0.29) is 16.7 Å². The Kier molecular flexibility index (Phi) is 6.13. The highest BCUT2D eigenvalue weighted by Crippen LogP contribution is 2.42. The van der Waals surface area contributed by atoms with E-state index in [1.54, 1.807) is 34.4 Å². The Morgan fingerprint density at radius 2 is 2.07 bits per heavy atom. The summed E-state index contributed by atoms with van der Waals surface area (Å²) in [5, 5.41) is 1.22. The Bertz CT molecular complexity index is 1010. The highest BCUT2D eigenvalue weighted by atomic mass is 32.2. The number of carbonyl (C=O) groups is 1. The van der Waals surface area contributed by atoms with E-state index in [4.69, 9.17) is 0 Å². The number of aldehydes is 1. The zero-order valence-electron chi connectivity index (χ0n) is 17.1. The first-order chi connectivity index (χ1) is 14.4. The summed E-state index contributed by atoms with van der Waals surface area (Å²) in [5.74, 6) is 1.22. The molecule has 2 aliphatic rings. The van der Waals surface area contributed by atoms with Crippen LogP contribution in [0, 0.1) is 5.92 Å². The van der Waals surface area contributed by atoms with Gasteiger partial charge >= 0.3 is 0 Å². The average molecular weight is 447 g/mol. The van der Waals surface area contributed by atoms with Crippen molar-refractivity contribution in [2.75, 3.05) is 31.1 Å². The van der Waals surface area contributed by atoms with Gasteiger partial charge in [-0.15, -0.1) is 11.8 Å². The normalized spacial score (nSPS) is 21.9. The quantitative estimate of drug-likeness (QED) is 0.478. The number of rotatable bonds is 7. The van der Waals surface area contributed by atoms with Crippen LogP contribution in [0.5, 0.6) is 0 Å². The molecule has 30 heavy (non-hydrogen) atoms. The minimum Gasteiger partial charge on any atom is -0.349 e. The van der Waals surface area contributed by atoms with Gasteiger partial charge in [0.15, 0.2) is 0 Å². The number of sulfonamides is 1. The lowest BCUT2D eigenvalue weighted by atomic mass is 9.88. The molecule has 1 fully saturated rings. The van der Waals surface area contributed by atoms with Crippen molar-refractivity contribution in [1.82, 2.24) is 14.3 Å². The lowest BCUT2D eigenvalue weighted by Crippen LogP contribution is -2.31. The fraction of sp³-hybridized carbons (Fsp3) is 0.476. The van der Waals surface area contributed by atoms with E-state index in [2.05, 4.69) is 23.8 Å². The van der Waals surface area contributed by atoms with Crippen molar-refractivity contribution in [3.8, 4) is 0 Å². The summed E-state index contributed by atoms with van der Waals surface area (Å²) >= 11 is 1.61. The zero-order chi connectivity index (χ0) is 21.3. The SMILES string of the molecule is CC(C)Sc1ccc(S(=O)(=O)N2CCC(C3CN(CC=O)c4ncccc43)C2)cn1. The molecule has 0 aliphatic carbocycles. The fourth-order valence-electron chi connectivity index (χ4n) is 4.32. The molecule has 2 aromatic rings. The number of hydrogen-bond acceptors (Lipinski definition) is 7. The van der Waals surface area contributed by atoms with Crippen molar-refractivity contribution in [2.24, 2.45) is 5.92 Å². The monoisotopic (exact) mass is 446 g/mol. The molecule has 7 nitrogen and oxygen atoms in total. The predicted molar refractivity (Wildman–Crippen MR) is 117 cm³/mol. The van der Waals surface area contributed by atoms with Gasteiger partial charge in [0.2, 0.25) is 10.0 Å². The van der Waals surface area contributed by atoms with Crippen LogP contribution in [0.2, 0.25) is 0 Å². The number of hydrogen-bond donors (Lipinski definition) is 0. The molecule has 2 unspecified atom stereocenters. The average Bonchev–Trinajstić information content (AvgIpc) is 3.34. The maximum Gasteiger partial charge on any atom is 0.244 e. The molecule has 2 atom stereocenters. The summed E-state index contributed by atoms with van der Waals surface area (Å²) < 4.78 is 27.9. The summed E-state index contributed by atoms with van der Waals surface area (Å²) in [6.45, 7) is 6.13. The van der Waals surface area contributed by atoms with Crippen LogP contribution in [0.3, 0.4) is 0 Å². The highest BCUT2D eigenvalue weighted by Gasteiger charge is 2.41. The third kappa shape index (κ3) is 4.10. The van der Waals surface area contributed by atoms with Gasteiger partial charge in [0.25, 0.3) is 0 Å². The van der Waals surface area contributed by atoms with E-state index in [9.17, 15) is 13.2 Å². The van der Waals surface area contributed by atoms with Gasteiger partial charge in [0.1, 0.15) is 17.0 Å². The largest absolute Gasteiger partial charge is 0.349 e. The Balaban J connectivity index is 1.50. The lowest BCUT2D eigenvalue weighted by molar-refractivity contribution is -0.106. The third-order valence-corrected chi connectivity index (χ3v) is 8.49. The van der Waals surface area contributed by atoms with Crippen LogP contribution in [-0.4, -0.2) is 60.4 Å². The third-order valence-electron chi connectivity index (χ3n) is 5.69. The number of carbonyl (C=O) groups excluding carboxylic acids is 1. The zero-order valence-corrected chi connectivity index (χ0v) is 18.8. The minimum absolute atomic E-state index is 0.178. The standard InChI is InChI=1S/C21H26N4O3S2/c1-15(2)29-20-6-5-17(12-23-20)30(27,28)25-9-7-16(13-25)19-14-24(10-11-26)21-18(19)4-3-8-22-21/h3-6,8,11-12,15-16,19H,7,9-10,13-14H2,1-2H3. The van der Waals surface area contributed by atoms with Crippen LogP contribution < -0.4 is 4.90 Å². The van der Waals surface area contributed by atoms with Crippen LogP contribution in [-0.2, 0) is 14.8 Å². The van der Waals surface area contributed by atoms with Gasteiger partial charge in [0, 0.05) is 43.2 Å². The molecule has 4 heterocycles. The second-order valence-corrected chi connectivity index (χ2v) is 11.5. The van der Waals surface area contributed by atoms with Crippen LogP contribution in [0.15, 0.2) is 46.6 Å². The molecule has 0 aromatic carbocycles. The Morgan fingerprint density at radius 1 is 1.23 bits per heavy atom. The number of nitrogens with zero attached hydrogens (tertiary/aromatic N) is 4. The van der Waals surface area contributed by atoms with Gasteiger partial charge in [-0.3, -0.25) is 0 Å². The van der Waals surface area contributed by atoms with Crippen molar-refractivity contribution >= 4 is 33.9 Å². The second kappa shape index (κ2) is 8.64. The summed E-state index contributed by atoms with van der Waals surface area (Å²) in [4.78, 5) is 22.1. The fourth-order valence-corrected chi connectivity index (χ4v) is 6.52. The molecule has 9 heteroatoms. The molecule has 1 saturated heterocycles. The number of anilines is 1. The van der Waals surface area contributed by atoms with Gasteiger partial charge in [-0.05, 0) is 36.1 Å². The number of thioether (sulfide) groups is 1. The second-order valence-electron chi connectivity index (χ2n) is 8.00. The van der Waals surface area contributed by atoms with Gasteiger partial charge in [-0.25, -0.2) is 18.4 Å². The summed E-state index contributed by atoms with van der Waals surface area (Å²) in [6, 6.07) is 7.38. The molecular weight excluding hydrogens is 420 g/mol. The van der Waals surface area contributed by atoms with Crippen LogP contribution in [0.4, 0.5) is 5.82 Å². The van der Waals surface area contributed by atoms with E-state index in [1.807, 2.05) is 17.0 Å². The van der Waals surface area contributed by atoms with E-state index in [0.29, 0.717) is 31.4 Å². The van der Waals surface area contributed by atoms with Gasteiger partial charge in [-0.2, -0.15) is 4.31 Å². The molecule has 2 aliphatic heterocycles. The van der Waals surface area contributed by atoms with Crippen molar-refractivity contribution in [3.63, 3.8) is 0 Å².